The second-order valence-corrected chi connectivity index (χ2v) is 4.44. The molecule has 4 nitrogen and oxygen atoms in total. The van der Waals surface area contributed by atoms with Gasteiger partial charge in [0.15, 0.2) is 5.76 Å². The Morgan fingerprint density at radius 3 is 2.53 bits per heavy atom. The van der Waals surface area contributed by atoms with Crippen molar-refractivity contribution >= 4 is 5.97 Å². The molecule has 0 unspecified atom stereocenters. The number of rotatable bonds is 2. The number of esters is 1. The van der Waals surface area contributed by atoms with Gasteiger partial charge >= 0.3 is 5.97 Å². The zero-order valence-corrected chi connectivity index (χ0v) is 9.88. The van der Waals surface area contributed by atoms with E-state index < -0.39 is 0 Å². The first-order valence-electron chi connectivity index (χ1n) is 5.01. The first kappa shape index (κ1) is 11.8. The first-order chi connectivity index (χ1) is 6.88. The van der Waals surface area contributed by atoms with Gasteiger partial charge in [0.05, 0.1) is 12.3 Å². The van der Waals surface area contributed by atoms with Gasteiger partial charge in [0, 0.05) is 5.41 Å². The van der Waals surface area contributed by atoms with Gasteiger partial charge in [0.25, 0.3) is 0 Å². The minimum atomic E-state index is -0.360. The second kappa shape index (κ2) is 4.04. The van der Waals surface area contributed by atoms with Gasteiger partial charge in [-0.05, 0) is 13.8 Å². The molecule has 0 atom stereocenters. The van der Waals surface area contributed by atoms with E-state index in [1.54, 1.807) is 13.8 Å². The normalized spacial score (nSPS) is 11.5. The van der Waals surface area contributed by atoms with Crippen LogP contribution in [0.5, 0.6) is 0 Å². The average molecular weight is 211 g/mol. The standard InChI is InChI=1S/C11H17NO3/c1-6-14-10(13)8-7(2)12-15-9(8)11(3,4)5/h6H2,1-5H3. The Kier molecular flexibility index (Phi) is 3.17. The fraction of sp³-hybridized carbons (Fsp3) is 0.636. The molecule has 0 N–H and O–H groups in total. The summed E-state index contributed by atoms with van der Waals surface area (Å²) in [6.07, 6.45) is 0. The van der Waals surface area contributed by atoms with E-state index in [0.29, 0.717) is 23.6 Å². The van der Waals surface area contributed by atoms with Crippen LogP contribution in [-0.2, 0) is 10.2 Å². The summed E-state index contributed by atoms with van der Waals surface area (Å²) in [7, 11) is 0. The summed E-state index contributed by atoms with van der Waals surface area (Å²) in [6.45, 7) is 9.77. The van der Waals surface area contributed by atoms with Crippen LogP contribution in [0.1, 0.15) is 49.5 Å². The number of carbonyl (C=O) groups is 1. The van der Waals surface area contributed by atoms with E-state index in [0.717, 1.165) is 0 Å². The quantitative estimate of drug-likeness (QED) is 0.705. The van der Waals surface area contributed by atoms with Crippen molar-refractivity contribution in [1.29, 1.82) is 0 Å². The van der Waals surface area contributed by atoms with Gasteiger partial charge in [-0.3, -0.25) is 0 Å². The molecular weight excluding hydrogens is 194 g/mol. The third kappa shape index (κ3) is 2.37. The highest BCUT2D eigenvalue weighted by Gasteiger charge is 2.29. The Hall–Kier alpha value is -1.32. The minimum absolute atomic E-state index is 0.247. The first-order valence-corrected chi connectivity index (χ1v) is 5.01. The van der Waals surface area contributed by atoms with Gasteiger partial charge in [-0.1, -0.05) is 25.9 Å². The van der Waals surface area contributed by atoms with Crippen LogP contribution >= 0.6 is 0 Å². The van der Waals surface area contributed by atoms with Crippen LogP contribution in [0, 0.1) is 6.92 Å². The van der Waals surface area contributed by atoms with E-state index >= 15 is 0 Å². The summed E-state index contributed by atoms with van der Waals surface area (Å²) in [6, 6.07) is 0. The third-order valence-electron chi connectivity index (χ3n) is 2.02. The van der Waals surface area contributed by atoms with E-state index in [1.165, 1.54) is 0 Å². The predicted molar refractivity (Wildman–Crippen MR) is 55.9 cm³/mol. The summed E-state index contributed by atoms with van der Waals surface area (Å²) >= 11 is 0. The van der Waals surface area contributed by atoms with Gasteiger partial charge in [0.1, 0.15) is 5.56 Å². The maximum absolute atomic E-state index is 11.7. The molecular formula is C11H17NO3. The Morgan fingerprint density at radius 2 is 2.07 bits per heavy atom. The Bertz CT molecular complexity index is 360. The van der Waals surface area contributed by atoms with E-state index in [1.807, 2.05) is 20.8 Å². The van der Waals surface area contributed by atoms with Crippen LogP contribution in [0.2, 0.25) is 0 Å². The van der Waals surface area contributed by atoms with Crippen molar-refractivity contribution in [2.24, 2.45) is 0 Å². The van der Waals surface area contributed by atoms with Crippen LogP contribution in [-0.4, -0.2) is 17.7 Å². The lowest BCUT2D eigenvalue weighted by Gasteiger charge is -2.15. The molecule has 1 aromatic heterocycles. The van der Waals surface area contributed by atoms with E-state index in [-0.39, 0.29) is 11.4 Å². The molecule has 0 radical (unpaired) electrons. The topological polar surface area (TPSA) is 52.3 Å². The molecule has 0 saturated carbocycles. The molecule has 0 aromatic carbocycles. The van der Waals surface area contributed by atoms with Gasteiger partial charge < -0.3 is 9.26 Å². The summed E-state index contributed by atoms with van der Waals surface area (Å²) in [5.41, 5.74) is 0.798. The number of nitrogens with zero attached hydrogens (tertiary/aromatic N) is 1. The smallest absolute Gasteiger partial charge is 0.343 e. The molecule has 4 heteroatoms. The highest BCUT2D eigenvalue weighted by Crippen LogP contribution is 2.28. The van der Waals surface area contributed by atoms with E-state index in [9.17, 15) is 4.79 Å². The monoisotopic (exact) mass is 211 g/mol. The van der Waals surface area contributed by atoms with E-state index in [2.05, 4.69) is 5.16 Å². The maximum Gasteiger partial charge on any atom is 0.343 e. The third-order valence-corrected chi connectivity index (χ3v) is 2.02. The number of ether oxygens (including phenoxy) is 1. The molecule has 1 aromatic rings. The zero-order valence-electron chi connectivity index (χ0n) is 9.88. The maximum atomic E-state index is 11.7. The molecule has 0 aliphatic carbocycles. The highest BCUT2D eigenvalue weighted by molar-refractivity contribution is 5.91. The molecule has 1 rings (SSSR count). The van der Waals surface area contributed by atoms with Crippen molar-refractivity contribution < 1.29 is 14.1 Å². The lowest BCUT2D eigenvalue weighted by molar-refractivity contribution is 0.0521. The minimum Gasteiger partial charge on any atom is -0.462 e. The number of carbonyl (C=O) groups excluding carboxylic acids is 1. The largest absolute Gasteiger partial charge is 0.462 e. The van der Waals surface area contributed by atoms with Crippen LogP contribution in [0.25, 0.3) is 0 Å². The molecule has 15 heavy (non-hydrogen) atoms. The van der Waals surface area contributed by atoms with Crippen LogP contribution < -0.4 is 0 Å². The SMILES string of the molecule is CCOC(=O)c1c(C)noc1C(C)(C)C. The summed E-state index contributed by atoms with van der Waals surface area (Å²) in [5, 5.41) is 3.81. The highest BCUT2D eigenvalue weighted by atomic mass is 16.5. The molecule has 0 saturated heterocycles. The van der Waals surface area contributed by atoms with Crippen LogP contribution in [0.15, 0.2) is 4.52 Å². The van der Waals surface area contributed by atoms with Gasteiger partial charge in [0.2, 0.25) is 0 Å². The van der Waals surface area contributed by atoms with Gasteiger partial charge in [-0.15, -0.1) is 0 Å². The Labute approximate surface area is 89.6 Å². The van der Waals surface area contributed by atoms with Crippen molar-refractivity contribution in [3.8, 4) is 0 Å². The van der Waals surface area contributed by atoms with Crippen LogP contribution in [0.3, 0.4) is 0 Å². The number of hydrogen-bond donors (Lipinski definition) is 0. The number of aryl methyl sites for hydroxylation is 1. The molecule has 1 heterocycles. The lowest BCUT2D eigenvalue weighted by atomic mass is 9.90. The zero-order chi connectivity index (χ0) is 11.6. The molecule has 84 valence electrons. The van der Waals surface area contributed by atoms with Crippen molar-refractivity contribution in [3.05, 3.63) is 17.0 Å². The fourth-order valence-corrected chi connectivity index (χ4v) is 1.33. The number of aromatic nitrogens is 1. The van der Waals surface area contributed by atoms with Crippen molar-refractivity contribution in [1.82, 2.24) is 5.16 Å². The van der Waals surface area contributed by atoms with E-state index in [4.69, 9.17) is 9.26 Å². The average Bonchev–Trinajstić information content (AvgIpc) is 2.46. The molecule has 0 aliphatic heterocycles. The Balaban J connectivity index is 3.16. The molecule has 0 fully saturated rings. The predicted octanol–water partition coefficient (Wildman–Crippen LogP) is 2.46. The summed E-state index contributed by atoms with van der Waals surface area (Å²) in [4.78, 5) is 11.7. The van der Waals surface area contributed by atoms with Crippen LogP contribution in [0.4, 0.5) is 0 Å². The molecule has 0 amide bonds. The van der Waals surface area contributed by atoms with Crippen molar-refractivity contribution in [2.45, 2.75) is 40.0 Å². The summed E-state index contributed by atoms with van der Waals surface area (Å²) in [5.74, 6) is 0.222. The van der Waals surface area contributed by atoms with Gasteiger partial charge in [-0.25, -0.2) is 4.79 Å². The van der Waals surface area contributed by atoms with Crippen molar-refractivity contribution in [2.75, 3.05) is 6.61 Å². The lowest BCUT2D eigenvalue weighted by Crippen LogP contribution is -2.17. The van der Waals surface area contributed by atoms with Crippen molar-refractivity contribution in [3.63, 3.8) is 0 Å². The second-order valence-electron chi connectivity index (χ2n) is 4.44. The molecule has 0 spiro atoms. The summed E-state index contributed by atoms with van der Waals surface area (Å²) < 4.78 is 10.1. The Morgan fingerprint density at radius 1 is 1.47 bits per heavy atom. The fourth-order valence-electron chi connectivity index (χ4n) is 1.33. The number of hydrogen-bond acceptors (Lipinski definition) is 4. The molecule has 0 aliphatic rings. The van der Waals surface area contributed by atoms with Gasteiger partial charge in [-0.2, -0.15) is 0 Å². The molecule has 0 bridgehead atoms.